The van der Waals surface area contributed by atoms with E-state index in [1.807, 2.05) is 0 Å². The van der Waals surface area contributed by atoms with E-state index in [4.69, 9.17) is 0 Å². The second-order valence-electron chi connectivity index (χ2n) is 6.54. The van der Waals surface area contributed by atoms with Gasteiger partial charge < -0.3 is 0 Å². The Labute approximate surface area is 114 Å². The van der Waals surface area contributed by atoms with E-state index < -0.39 is 0 Å². The minimum atomic E-state index is 0.148. The minimum absolute atomic E-state index is 0.148. The Balaban J connectivity index is 1.83. The van der Waals surface area contributed by atoms with E-state index in [1.54, 1.807) is 0 Å². The molecule has 1 aromatic rings. The van der Waals surface area contributed by atoms with Gasteiger partial charge in [0.15, 0.2) is 0 Å². The van der Waals surface area contributed by atoms with Gasteiger partial charge in [0.1, 0.15) is 5.78 Å². The van der Waals surface area contributed by atoms with Gasteiger partial charge in [-0.25, -0.2) is 0 Å². The summed E-state index contributed by atoms with van der Waals surface area (Å²) in [5.41, 5.74) is 2.03. The molecule has 2 saturated carbocycles. The van der Waals surface area contributed by atoms with Crippen molar-refractivity contribution in [1.29, 1.82) is 0 Å². The number of rotatable bonds is 1. The first-order valence-corrected chi connectivity index (χ1v) is 7.53. The van der Waals surface area contributed by atoms with Crippen LogP contribution >= 0.6 is 0 Å². The van der Waals surface area contributed by atoms with Crippen LogP contribution in [0.5, 0.6) is 0 Å². The Morgan fingerprint density at radius 1 is 1.00 bits per heavy atom. The highest BCUT2D eigenvalue weighted by Gasteiger charge is 2.64. The largest absolute Gasteiger partial charge is 0.300 e. The van der Waals surface area contributed by atoms with Crippen LogP contribution in [-0.2, 0) is 10.2 Å². The molecule has 0 saturated heterocycles. The van der Waals surface area contributed by atoms with E-state index in [0.29, 0.717) is 17.1 Å². The summed E-state index contributed by atoms with van der Waals surface area (Å²) >= 11 is 0. The molecule has 1 nitrogen and oxygen atoms in total. The zero-order chi connectivity index (χ0) is 12.9. The van der Waals surface area contributed by atoms with Crippen molar-refractivity contribution in [2.45, 2.75) is 43.9 Å². The maximum atomic E-state index is 11.9. The summed E-state index contributed by atoms with van der Waals surface area (Å²) in [6.07, 6.45) is 11.2. The maximum absolute atomic E-state index is 11.9. The molecule has 0 amide bonds. The quantitative estimate of drug-likeness (QED) is 0.690. The van der Waals surface area contributed by atoms with Crippen molar-refractivity contribution >= 4 is 5.78 Å². The smallest absolute Gasteiger partial charge is 0.132 e. The molecule has 0 N–H and O–H groups in total. The van der Waals surface area contributed by atoms with Gasteiger partial charge in [-0.15, -0.1) is 0 Å². The van der Waals surface area contributed by atoms with Crippen molar-refractivity contribution in [1.82, 2.24) is 0 Å². The van der Waals surface area contributed by atoms with Crippen LogP contribution in [0.2, 0.25) is 0 Å². The number of hydrogen-bond acceptors (Lipinski definition) is 1. The lowest BCUT2D eigenvalue weighted by atomic mass is 9.62. The normalized spacial score (nSPS) is 35.2. The molecule has 1 spiro atoms. The van der Waals surface area contributed by atoms with Crippen molar-refractivity contribution in [2.24, 2.45) is 11.3 Å². The van der Waals surface area contributed by atoms with E-state index in [-0.39, 0.29) is 5.41 Å². The van der Waals surface area contributed by atoms with Gasteiger partial charge in [0.05, 0.1) is 0 Å². The summed E-state index contributed by atoms with van der Waals surface area (Å²) in [5, 5.41) is 0. The third-order valence-corrected chi connectivity index (χ3v) is 5.82. The van der Waals surface area contributed by atoms with E-state index in [1.165, 1.54) is 18.4 Å². The van der Waals surface area contributed by atoms with Crippen molar-refractivity contribution < 1.29 is 4.79 Å². The molecule has 3 aliphatic carbocycles. The highest BCUT2D eigenvalue weighted by Crippen LogP contribution is 2.70. The van der Waals surface area contributed by atoms with Crippen LogP contribution in [0.4, 0.5) is 0 Å². The van der Waals surface area contributed by atoms with Crippen LogP contribution in [0.25, 0.3) is 0 Å². The molecular weight excluding hydrogens is 232 g/mol. The zero-order valence-electron chi connectivity index (χ0n) is 11.3. The Hall–Kier alpha value is -1.37. The molecule has 1 aromatic carbocycles. The van der Waals surface area contributed by atoms with Crippen LogP contribution in [0.15, 0.2) is 42.5 Å². The first kappa shape index (κ1) is 11.5. The summed E-state index contributed by atoms with van der Waals surface area (Å²) < 4.78 is 0. The number of hydrogen-bond donors (Lipinski definition) is 0. The van der Waals surface area contributed by atoms with Crippen molar-refractivity contribution in [3.63, 3.8) is 0 Å². The molecule has 0 heterocycles. The highest BCUT2D eigenvalue weighted by atomic mass is 16.1. The second kappa shape index (κ2) is 3.82. The van der Waals surface area contributed by atoms with Gasteiger partial charge in [0.2, 0.25) is 0 Å². The molecule has 2 fully saturated rings. The summed E-state index contributed by atoms with van der Waals surface area (Å²) in [7, 11) is 0. The molecule has 98 valence electrons. The first-order chi connectivity index (χ1) is 9.27. The SMILES string of the molecule is O=C1CC[C@H]2C=C[C@@](c3ccccc3)(CC1)C21CC1. The average Bonchev–Trinajstić information content (AvgIpc) is 3.16. The topological polar surface area (TPSA) is 17.1 Å². The Morgan fingerprint density at radius 3 is 2.53 bits per heavy atom. The molecule has 1 heteroatoms. The lowest BCUT2D eigenvalue weighted by molar-refractivity contribution is -0.120. The summed E-state index contributed by atoms with van der Waals surface area (Å²) in [4.78, 5) is 11.9. The predicted molar refractivity (Wildman–Crippen MR) is 75.9 cm³/mol. The molecule has 4 rings (SSSR count). The lowest BCUT2D eigenvalue weighted by Gasteiger charge is -2.40. The summed E-state index contributed by atoms with van der Waals surface area (Å²) in [5.74, 6) is 1.10. The fourth-order valence-electron chi connectivity index (χ4n) is 4.66. The highest BCUT2D eigenvalue weighted by molar-refractivity contribution is 5.79. The fourth-order valence-corrected chi connectivity index (χ4v) is 4.66. The second-order valence-corrected chi connectivity index (χ2v) is 6.54. The number of carbonyl (C=O) groups is 1. The molecule has 2 atom stereocenters. The molecule has 3 aliphatic rings. The average molecular weight is 252 g/mol. The molecule has 19 heavy (non-hydrogen) atoms. The van der Waals surface area contributed by atoms with E-state index >= 15 is 0 Å². The summed E-state index contributed by atoms with van der Waals surface area (Å²) in [6, 6.07) is 10.9. The molecule has 0 unspecified atom stereocenters. The Bertz CT molecular complexity index is 538. The predicted octanol–water partition coefficient (Wildman–Crippen LogP) is 4.03. The van der Waals surface area contributed by atoms with Crippen molar-refractivity contribution in [3.8, 4) is 0 Å². The van der Waals surface area contributed by atoms with Crippen LogP contribution in [0, 0.1) is 11.3 Å². The fraction of sp³-hybridized carbons (Fsp3) is 0.500. The van der Waals surface area contributed by atoms with Gasteiger partial charge in [-0.2, -0.15) is 0 Å². The van der Waals surface area contributed by atoms with Gasteiger partial charge in [0.25, 0.3) is 0 Å². The molecule has 0 aliphatic heterocycles. The molecular formula is C18H20O. The number of Topliss-reactive ketones (excluding diaryl/α,β-unsaturated/α-hetero) is 1. The van der Waals surface area contributed by atoms with Crippen LogP contribution in [0.3, 0.4) is 0 Å². The minimum Gasteiger partial charge on any atom is -0.300 e. The monoisotopic (exact) mass is 252 g/mol. The van der Waals surface area contributed by atoms with Crippen LogP contribution < -0.4 is 0 Å². The Kier molecular flexibility index (Phi) is 2.30. The number of ketones is 1. The number of carbonyl (C=O) groups excluding carboxylic acids is 1. The molecule has 0 radical (unpaired) electrons. The first-order valence-electron chi connectivity index (χ1n) is 7.53. The number of allylic oxidation sites excluding steroid dienone is 2. The zero-order valence-corrected chi connectivity index (χ0v) is 11.3. The molecule has 0 aromatic heterocycles. The maximum Gasteiger partial charge on any atom is 0.132 e. The van der Waals surface area contributed by atoms with Gasteiger partial charge in [-0.3, -0.25) is 4.79 Å². The Morgan fingerprint density at radius 2 is 1.79 bits per heavy atom. The molecule has 2 bridgehead atoms. The summed E-state index contributed by atoms with van der Waals surface area (Å²) in [6.45, 7) is 0. The van der Waals surface area contributed by atoms with Crippen molar-refractivity contribution in [3.05, 3.63) is 48.0 Å². The third kappa shape index (κ3) is 1.45. The van der Waals surface area contributed by atoms with Crippen LogP contribution in [0.1, 0.15) is 44.1 Å². The lowest BCUT2D eigenvalue weighted by Crippen LogP contribution is -2.37. The van der Waals surface area contributed by atoms with Gasteiger partial charge in [0, 0.05) is 18.3 Å². The van der Waals surface area contributed by atoms with E-state index in [2.05, 4.69) is 42.5 Å². The van der Waals surface area contributed by atoms with Gasteiger partial charge in [-0.1, -0.05) is 42.5 Å². The van der Waals surface area contributed by atoms with Gasteiger partial charge in [-0.05, 0) is 42.6 Å². The van der Waals surface area contributed by atoms with Gasteiger partial charge >= 0.3 is 0 Å². The number of benzene rings is 1. The van der Waals surface area contributed by atoms with Crippen LogP contribution in [-0.4, -0.2) is 5.78 Å². The van der Waals surface area contributed by atoms with Crippen molar-refractivity contribution in [2.75, 3.05) is 0 Å². The standard InChI is InChI=1S/C18H20O/c19-16-7-6-15-8-10-17(11-9-16,18(15)12-13-18)14-4-2-1-3-5-14/h1-5,8,10,15H,6-7,9,11-13H2/t15-,17-/m0/s1. The van der Waals surface area contributed by atoms with E-state index in [0.717, 1.165) is 25.7 Å². The van der Waals surface area contributed by atoms with E-state index in [9.17, 15) is 4.79 Å². The third-order valence-electron chi connectivity index (χ3n) is 5.82.